The van der Waals surface area contributed by atoms with Crippen LogP contribution in [0.4, 0.5) is 17.1 Å². The molecule has 2 nitrogen and oxygen atoms in total. The molecule has 0 atom stereocenters. The summed E-state index contributed by atoms with van der Waals surface area (Å²) in [5, 5.41) is 11.2. The van der Waals surface area contributed by atoms with Crippen molar-refractivity contribution in [2.75, 3.05) is 4.90 Å². The molecule has 0 aliphatic heterocycles. The highest BCUT2D eigenvalue weighted by Gasteiger charge is 2.20. The fourth-order valence-corrected chi connectivity index (χ4v) is 11.0. The number of hydrogen-bond donors (Lipinski definition) is 0. The summed E-state index contributed by atoms with van der Waals surface area (Å²) in [6.07, 6.45) is 0. The van der Waals surface area contributed by atoms with E-state index in [-0.39, 0.29) is 0 Å². The Morgan fingerprint density at radius 1 is 0.356 bits per heavy atom. The smallest absolute Gasteiger partial charge is 0.124 e. The van der Waals surface area contributed by atoms with E-state index in [1.165, 1.54) is 79.4 Å². The van der Waals surface area contributed by atoms with Crippen LogP contribution >= 0.6 is 22.7 Å². The molecule has 12 aromatic rings. The number of rotatable bonds is 6. The van der Waals surface area contributed by atoms with Crippen LogP contribution in [0.25, 0.3) is 95.5 Å². The number of fused-ring (bicyclic) bond motifs is 8. The number of anilines is 3. The van der Waals surface area contributed by atoms with Gasteiger partial charge in [-0.05, 0) is 103 Å². The fraction of sp³-hybridized carbons (Fsp3) is 0. The first-order chi connectivity index (χ1) is 29.2. The Hall–Kier alpha value is -7.11. The average Bonchev–Trinajstić information content (AvgIpc) is 3.90. The molecule has 0 N–H and O–H groups in total. The molecular weight excluding hydrogens is 753 g/mol. The van der Waals surface area contributed by atoms with E-state index in [9.17, 15) is 0 Å². The van der Waals surface area contributed by atoms with Gasteiger partial charge in [-0.15, -0.1) is 22.7 Å². The van der Waals surface area contributed by atoms with Crippen LogP contribution in [0, 0.1) is 0 Å². The maximum atomic E-state index is 5.09. The predicted molar refractivity (Wildman–Crippen MR) is 256 cm³/mol. The first kappa shape index (κ1) is 34.0. The van der Waals surface area contributed by atoms with E-state index in [0.29, 0.717) is 0 Å². The highest BCUT2D eigenvalue weighted by Crippen LogP contribution is 2.47. The third kappa shape index (κ3) is 5.79. The lowest BCUT2D eigenvalue weighted by Gasteiger charge is -2.26. The summed E-state index contributed by atoms with van der Waals surface area (Å²) < 4.78 is 3.71. The molecule has 2 heterocycles. The maximum absolute atomic E-state index is 5.09. The molecule has 0 spiro atoms. The second-order valence-electron chi connectivity index (χ2n) is 15.1. The van der Waals surface area contributed by atoms with Crippen LogP contribution in [0.15, 0.2) is 206 Å². The third-order valence-corrected chi connectivity index (χ3v) is 13.9. The highest BCUT2D eigenvalue weighted by atomic mass is 32.1. The van der Waals surface area contributed by atoms with E-state index >= 15 is 0 Å². The minimum Gasteiger partial charge on any atom is -0.309 e. The molecular formula is C55H34N2S2. The molecule has 0 unspecified atom stereocenters. The van der Waals surface area contributed by atoms with E-state index in [4.69, 9.17) is 4.98 Å². The minimum absolute atomic E-state index is 1.05. The molecule has 10 aromatic carbocycles. The highest BCUT2D eigenvalue weighted by molar-refractivity contribution is 7.27. The summed E-state index contributed by atoms with van der Waals surface area (Å²) in [5.41, 5.74) is 10.4. The van der Waals surface area contributed by atoms with Crippen molar-refractivity contribution in [3.63, 3.8) is 0 Å². The standard InChI is InChI=1S/C55H34N2S2/c1-2-12-39(13-3-1)55-56-50-34-52-49(33-53(50)59-55)48-18-9-19-51(54(48)58-52)57(43-29-24-38(25-30-43)46-17-8-14-36-10-4-6-15-44(36)46)42-27-22-35(23-28-42)40-26-31-47-41(32-40)21-20-37-11-5-7-16-45(37)47/h1-34H. The average molecular weight is 787 g/mol. The SMILES string of the molecule is c1ccc(-c2nc3cc4sc5c(N(c6ccc(-c7ccc8c(ccc9ccccc98)c7)cc6)c6ccc(-c7cccc8ccccc78)cc6)cccc5c4cc3s2)cc1. The third-order valence-electron chi connectivity index (χ3n) is 11.7. The molecule has 0 saturated carbocycles. The van der Waals surface area contributed by atoms with Gasteiger partial charge in [0.1, 0.15) is 5.01 Å². The van der Waals surface area contributed by atoms with Crippen molar-refractivity contribution < 1.29 is 0 Å². The van der Waals surface area contributed by atoms with Crippen LogP contribution < -0.4 is 4.90 Å². The number of thiophene rings is 1. The number of nitrogens with zero attached hydrogens (tertiary/aromatic N) is 2. The van der Waals surface area contributed by atoms with E-state index in [1.807, 2.05) is 11.3 Å². The molecule has 0 amide bonds. The van der Waals surface area contributed by atoms with Crippen molar-refractivity contribution in [2.24, 2.45) is 0 Å². The van der Waals surface area contributed by atoms with Crippen LogP contribution in [0.1, 0.15) is 0 Å². The molecule has 59 heavy (non-hydrogen) atoms. The lowest BCUT2D eigenvalue weighted by Crippen LogP contribution is -2.10. The fourth-order valence-electron chi connectivity index (χ4n) is 8.77. The summed E-state index contributed by atoms with van der Waals surface area (Å²) in [5.74, 6) is 0. The Kier molecular flexibility index (Phi) is 7.93. The van der Waals surface area contributed by atoms with Gasteiger partial charge in [0.05, 0.1) is 20.6 Å². The van der Waals surface area contributed by atoms with Crippen molar-refractivity contribution in [2.45, 2.75) is 0 Å². The topological polar surface area (TPSA) is 16.1 Å². The van der Waals surface area contributed by atoms with Crippen LogP contribution in [0.2, 0.25) is 0 Å². The quantitative estimate of drug-likeness (QED) is 0.156. The summed E-state index contributed by atoms with van der Waals surface area (Å²) in [6.45, 7) is 0. The van der Waals surface area contributed by atoms with Crippen molar-refractivity contribution in [1.82, 2.24) is 4.98 Å². The molecule has 4 heteroatoms. The van der Waals surface area contributed by atoms with Crippen molar-refractivity contribution in [3.05, 3.63) is 206 Å². The van der Waals surface area contributed by atoms with Crippen LogP contribution in [-0.4, -0.2) is 4.98 Å². The second-order valence-corrected chi connectivity index (χ2v) is 17.2. The molecule has 0 bridgehead atoms. The predicted octanol–water partition coefficient (Wildman–Crippen LogP) is 16.6. The first-order valence-corrected chi connectivity index (χ1v) is 21.6. The van der Waals surface area contributed by atoms with Gasteiger partial charge < -0.3 is 4.90 Å². The molecule has 2 aromatic heterocycles. The van der Waals surface area contributed by atoms with E-state index in [0.717, 1.165) is 33.1 Å². The zero-order chi connectivity index (χ0) is 38.9. The van der Waals surface area contributed by atoms with Gasteiger partial charge in [0, 0.05) is 32.4 Å². The van der Waals surface area contributed by atoms with E-state index in [2.05, 4.69) is 211 Å². The van der Waals surface area contributed by atoms with Gasteiger partial charge in [-0.25, -0.2) is 4.98 Å². The summed E-state index contributed by atoms with van der Waals surface area (Å²) in [4.78, 5) is 7.51. The number of thiazole rings is 1. The Balaban J connectivity index is 0.984. The largest absolute Gasteiger partial charge is 0.309 e. The molecule has 0 radical (unpaired) electrons. The Morgan fingerprint density at radius 3 is 1.80 bits per heavy atom. The van der Waals surface area contributed by atoms with Crippen molar-refractivity contribution in [3.8, 4) is 32.8 Å². The molecule has 0 fully saturated rings. The summed E-state index contributed by atoms with van der Waals surface area (Å²) in [6, 6.07) is 75.2. The zero-order valence-electron chi connectivity index (χ0n) is 31.8. The number of hydrogen-bond acceptors (Lipinski definition) is 4. The molecule has 0 aliphatic rings. The van der Waals surface area contributed by atoms with E-state index in [1.54, 1.807) is 11.3 Å². The van der Waals surface area contributed by atoms with Gasteiger partial charge in [-0.1, -0.05) is 158 Å². The van der Waals surface area contributed by atoms with Crippen molar-refractivity contribution in [1.29, 1.82) is 0 Å². The number of benzene rings is 10. The van der Waals surface area contributed by atoms with Crippen LogP contribution in [0.5, 0.6) is 0 Å². The van der Waals surface area contributed by atoms with Gasteiger partial charge in [0.2, 0.25) is 0 Å². The molecule has 0 aliphatic carbocycles. The van der Waals surface area contributed by atoms with Gasteiger partial charge in [0.25, 0.3) is 0 Å². The van der Waals surface area contributed by atoms with Gasteiger partial charge >= 0.3 is 0 Å². The second kappa shape index (κ2) is 13.8. The number of aromatic nitrogens is 1. The monoisotopic (exact) mass is 786 g/mol. The Bertz CT molecular complexity index is 3540. The minimum atomic E-state index is 1.05. The van der Waals surface area contributed by atoms with E-state index < -0.39 is 0 Å². The lowest BCUT2D eigenvalue weighted by molar-refractivity contribution is 1.30. The first-order valence-electron chi connectivity index (χ1n) is 19.9. The Morgan fingerprint density at radius 2 is 0.983 bits per heavy atom. The summed E-state index contributed by atoms with van der Waals surface area (Å²) in [7, 11) is 0. The maximum Gasteiger partial charge on any atom is 0.124 e. The summed E-state index contributed by atoms with van der Waals surface area (Å²) >= 11 is 3.62. The Labute approximate surface area is 349 Å². The van der Waals surface area contributed by atoms with Crippen LogP contribution in [-0.2, 0) is 0 Å². The van der Waals surface area contributed by atoms with Gasteiger partial charge in [-0.2, -0.15) is 0 Å². The van der Waals surface area contributed by atoms with Crippen LogP contribution in [0.3, 0.4) is 0 Å². The van der Waals surface area contributed by atoms with Gasteiger partial charge in [-0.3, -0.25) is 0 Å². The zero-order valence-corrected chi connectivity index (χ0v) is 33.5. The normalized spacial score (nSPS) is 11.7. The van der Waals surface area contributed by atoms with Crippen molar-refractivity contribution >= 4 is 102 Å². The molecule has 12 rings (SSSR count). The van der Waals surface area contributed by atoms with Gasteiger partial charge in [0.15, 0.2) is 0 Å². The lowest BCUT2D eigenvalue weighted by atomic mass is 9.97. The molecule has 276 valence electrons. The molecule has 0 saturated heterocycles.